The zero-order valence-electron chi connectivity index (χ0n) is 18.2. The Morgan fingerprint density at radius 2 is 1.78 bits per heavy atom. The summed E-state index contributed by atoms with van der Waals surface area (Å²) in [5, 5.41) is 9.45. The third-order valence-corrected chi connectivity index (χ3v) is 5.66. The summed E-state index contributed by atoms with van der Waals surface area (Å²) in [4.78, 5) is 31.2. The van der Waals surface area contributed by atoms with E-state index in [1.807, 2.05) is 36.1 Å². The van der Waals surface area contributed by atoms with Crippen molar-refractivity contribution in [2.75, 3.05) is 50.8 Å². The van der Waals surface area contributed by atoms with E-state index < -0.39 is 0 Å². The number of amides is 2. The van der Waals surface area contributed by atoms with Gasteiger partial charge in [0.15, 0.2) is 0 Å². The molecule has 7 nitrogen and oxygen atoms in total. The molecule has 0 saturated carbocycles. The molecule has 2 aromatic carbocycles. The number of piperazine rings is 1. The second-order valence-electron chi connectivity index (χ2n) is 7.43. The Hall–Kier alpha value is -3.08. The molecule has 1 aliphatic rings. The number of rotatable bonds is 8. The summed E-state index contributed by atoms with van der Waals surface area (Å²) in [6, 6.07) is 16.5. The summed E-state index contributed by atoms with van der Waals surface area (Å²) in [6.45, 7) is 5.28. The van der Waals surface area contributed by atoms with E-state index in [4.69, 9.17) is 21.6 Å². The lowest BCUT2D eigenvalue weighted by atomic mass is 10.1. The fraction of sp³-hybridized carbons (Fsp3) is 0.375. The molecule has 0 N–H and O–H groups in total. The number of benzene rings is 2. The fourth-order valence-corrected chi connectivity index (χ4v) is 3.86. The van der Waals surface area contributed by atoms with Crippen molar-refractivity contribution in [1.82, 2.24) is 9.80 Å². The van der Waals surface area contributed by atoms with Gasteiger partial charge in [0.05, 0.1) is 36.2 Å². The van der Waals surface area contributed by atoms with E-state index >= 15 is 0 Å². The van der Waals surface area contributed by atoms with Gasteiger partial charge >= 0.3 is 0 Å². The molecule has 1 aliphatic heterocycles. The van der Waals surface area contributed by atoms with Crippen LogP contribution >= 0.6 is 11.6 Å². The minimum Gasteiger partial charge on any atom is -0.494 e. The molecule has 8 heteroatoms. The number of anilines is 1. The van der Waals surface area contributed by atoms with E-state index in [2.05, 4.69) is 6.07 Å². The second-order valence-corrected chi connectivity index (χ2v) is 7.84. The number of ether oxygens (including phenoxy) is 1. The summed E-state index contributed by atoms with van der Waals surface area (Å²) in [7, 11) is 0. The topological polar surface area (TPSA) is 76.9 Å². The highest BCUT2D eigenvalue weighted by Crippen LogP contribution is 2.21. The average Bonchev–Trinajstić information content (AvgIpc) is 2.81. The van der Waals surface area contributed by atoms with Gasteiger partial charge in [0.2, 0.25) is 5.91 Å². The molecule has 0 unspecified atom stereocenters. The van der Waals surface area contributed by atoms with Crippen LogP contribution in [0.2, 0.25) is 5.02 Å². The van der Waals surface area contributed by atoms with Crippen molar-refractivity contribution in [3.05, 3.63) is 59.1 Å². The molecule has 0 atom stereocenters. The van der Waals surface area contributed by atoms with Crippen LogP contribution in [0.3, 0.4) is 0 Å². The van der Waals surface area contributed by atoms with Crippen LogP contribution in [0.4, 0.5) is 5.69 Å². The minimum atomic E-state index is -0.0911. The van der Waals surface area contributed by atoms with E-state index in [0.29, 0.717) is 49.9 Å². The summed E-state index contributed by atoms with van der Waals surface area (Å²) in [5.41, 5.74) is 1.23. The summed E-state index contributed by atoms with van der Waals surface area (Å²) in [5.74, 6) is 0.574. The molecule has 0 aliphatic carbocycles. The first-order valence-corrected chi connectivity index (χ1v) is 11.1. The van der Waals surface area contributed by atoms with Crippen molar-refractivity contribution < 1.29 is 14.3 Å². The normalized spacial score (nSPS) is 14.0. The van der Waals surface area contributed by atoms with Gasteiger partial charge in [-0.3, -0.25) is 14.5 Å². The van der Waals surface area contributed by atoms with Crippen LogP contribution in [0, 0.1) is 11.3 Å². The van der Waals surface area contributed by atoms with E-state index in [9.17, 15) is 9.59 Å². The van der Waals surface area contributed by atoms with Crippen LogP contribution in [0.5, 0.6) is 5.75 Å². The van der Waals surface area contributed by atoms with Crippen molar-refractivity contribution in [2.24, 2.45) is 0 Å². The molecule has 3 rings (SSSR count). The summed E-state index contributed by atoms with van der Waals surface area (Å²) in [6.07, 6.45) is 0.249. The molecule has 0 aromatic heterocycles. The SMILES string of the molecule is CCOc1ccc(N(CCC#N)C(=O)CN2CCN(C(=O)c3ccccc3Cl)CC2)cc1. The number of nitriles is 1. The monoisotopic (exact) mass is 454 g/mol. The molecule has 0 spiro atoms. The Morgan fingerprint density at radius 1 is 1.09 bits per heavy atom. The smallest absolute Gasteiger partial charge is 0.255 e. The van der Waals surface area contributed by atoms with E-state index in [1.54, 1.807) is 34.1 Å². The first kappa shape index (κ1) is 23.6. The lowest BCUT2D eigenvalue weighted by Crippen LogP contribution is -2.51. The number of carbonyl (C=O) groups is 2. The summed E-state index contributed by atoms with van der Waals surface area (Å²) >= 11 is 6.16. The van der Waals surface area contributed by atoms with Crippen molar-refractivity contribution in [2.45, 2.75) is 13.3 Å². The second kappa shape index (κ2) is 11.5. The van der Waals surface area contributed by atoms with Gasteiger partial charge in [-0.05, 0) is 43.3 Å². The zero-order chi connectivity index (χ0) is 22.9. The quantitative estimate of drug-likeness (QED) is 0.610. The highest BCUT2D eigenvalue weighted by molar-refractivity contribution is 6.33. The Morgan fingerprint density at radius 3 is 2.41 bits per heavy atom. The van der Waals surface area contributed by atoms with Crippen molar-refractivity contribution in [3.63, 3.8) is 0 Å². The first-order valence-electron chi connectivity index (χ1n) is 10.7. The molecule has 1 heterocycles. The number of halogens is 1. The molecule has 0 bridgehead atoms. The third kappa shape index (κ3) is 6.00. The Kier molecular flexibility index (Phi) is 8.48. The molecule has 32 heavy (non-hydrogen) atoms. The third-order valence-electron chi connectivity index (χ3n) is 5.33. The minimum absolute atomic E-state index is 0.0738. The largest absolute Gasteiger partial charge is 0.494 e. The highest BCUT2D eigenvalue weighted by atomic mass is 35.5. The van der Waals surface area contributed by atoms with Gasteiger partial charge < -0.3 is 14.5 Å². The number of hydrogen-bond donors (Lipinski definition) is 0. The van der Waals surface area contributed by atoms with Gasteiger partial charge in [0.25, 0.3) is 5.91 Å². The van der Waals surface area contributed by atoms with Crippen LogP contribution < -0.4 is 9.64 Å². The molecule has 168 valence electrons. The fourth-order valence-electron chi connectivity index (χ4n) is 3.64. The van der Waals surface area contributed by atoms with Crippen molar-refractivity contribution in [3.8, 4) is 11.8 Å². The lowest BCUT2D eigenvalue weighted by molar-refractivity contribution is -0.120. The highest BCUT2D eigenvalue weighted by Gasteiger charge is 2.26. The van der Waals surface area contributed by atoms with Crippen LogP contribution in [-0.4, -0.2) is 67.5 Å². The average molecular weight is 455 g/mol. The molecular formula is C24H27ClN4O3. The maximum absolute atomic E-state index is 13.1. The standard InChI is InChI=1S/C24H27ClN4O3/c1-2-32-20-10-8-19(9-11-20)29(13-5-12-26)23(30)18-27-14-16-28(17-15-27)24(31)21-6-3-4-7-22(21)25/h3-4,6-11H,2,5,13-18H2,1H3. The molecule has 2 amide bonds. The van der Waals surface area contributed by atoms with Crippen molar-refractivity contribution >= 4 is 29.1 Å². The van der Waals surface area contributed by atoms with Gasteiger partial charge in [0, 0.05) is 38.4 Å². The van der Waals surface area contributed by atoms with Gasteiger partial charge in [-0.25, -0.2) is 0 Å². The van der Waals surface area contributed by atoms with Gasteiger partial charge in [-0.1, -0.05) is 23.7 Å². The van der Waals surface area contributed by atoms with Gasteiger partial charge in [0.1, 0.15) is 5.75 Å². The van der Waals surface area contributed by atoms with Crippen LogP contribution in [-0.2, 0) is 4.79 Å². The Bertz CT molecular complexity index is 966. The Labute approximate surface area is 193 Å². The van der Waals surface area contributed by atoms with E-state index in [1.165, 1.54) is 0 Å². The number of carbonyl (C=O) groups excluding carboxylic acids is 2. The van der Waals surface area contributed by atoms with E-state index in [0.717, 1.165) is 11.4 Å². The molecular weight excluding hydrogens is 428 g/mol. The van der Waals surface area contributed by atoms with E-state index in [-0.39, 0.29) is 24.8 Å². The lowest BCUT2D eigenvalue weighted by Gasteiger charge is -2.35. The predicted octanol–water partition coefficient (Wildman–Crippen LogP) is 3.44. The molecule has 1 saturated heterocycles. The van der Waals surface area contributed by atoms with Crippen LogP contribution in [0.25, 0.3) is 0 Å². The first-order chi connectivity index (χ1) is 15.5. The molecule has 0 radical (unpaired) electrons. The number of nitrogens with zero attached hydrogens (tertiary/aromatic N) is 4. The predicted molar refractivity (Wildman–Crippen MR) is 124 cm³/mol. The summed E-state index contributed by atoms with van der Waals surface area (Å²) < 4.78 is 5.47. The van der Waals surface area contributed by atoms with Crippen molar-refractivity contribution in [1.29, 1.82) is 5.26 Å². The molecule has 2 aromatic rings. The molecule has 1 fully saturated rings. The zero-order valence-corrected chi connectivity index (χ0v) is 18.9. The van der Waals surface area contributed by atoms with Crippen LogP contribution in [0.1, 0.15) is 23.7 Å². The maximum Gasteiger partial charge on any atom is 0.255 e. The Balaban J connectivity index is 1.59. The van der Waals surface area contributed by atoms with Crippen LogP contribution in [0.15, 0.2) is 48.5 Å². The van der Waals surface area contributed by atoms with Gasteiger partial charge in [-0.15, -0.1) is 0 Å². The maximum atomic E-state index is 13.1. The number of hydrogen-bond acceptors (Lipinski definition) is 5. The van der Waals surface area contributed by atoms with Gasteiger partial charge in [-0.2, -0.15) is 5.26 Å².